The van der Waals surface area contributed by atoms with Crippen molar-refractivity contribution in [1.82, 2.24) is 0 Å². The molecule has 0 bridgehead atoms. The number of ether oxygens (including phenoxy) is 9. The van der Waals surface area contributed by atoms with E-state index >= 15 is 0 Å². The average molecular weight is 933 g/mol. The van der Waals surface area contributed by atoms with Crippen molar-refractivity contribution in [3.05, 3.63) is 117 Å². The second kappa shape index (κ2) is 29.4. The third-order valence-electron chi connectivity index (χ3n) is 12.1. The van der Waals surface area contributed by atoms with Gasteiger partial charge in [-0.1, -0.05) is 88.4 Å². The van der Waals surface area contributed by atoms with Crippen LogP contribution >= 0.6 is 0 Å². The minimum atomic E-state index is -0.0968. The van der Waals surface area contributed by atoms with Gasteiger partial charge in [-0.2, -0.15) is 0 Å². The van der Waals surface area contributed by atoms with Crippen LogP contribution < -0.4 is 18.9 Å². The Hall–Kier alpha value is -4.45. The monoisotopic (exact) mass is 933 g/mol. The molecule has 0 heterocycles. The molecular weight excluding hydrogens is 845 g/mol. The molecule has 0 saturated carbocycles. The molecule has 3 atom stereocenters. The molecule has 0 fully saturated rings. The molecule has 4 aromatic rings. The number of hydrogen-bond donors (Lipinski definition) is 0. The third kappa shape index (κ3) is 17.9. The molecule has 0 amide bonds. The number of benzene rings is 4. The minimum Gasteiger partial charge on any atom is -0.490 e. The molecule has 0 aliphatic heterocycles. The molecule has 10 heteroatoms. The lowest BCUT2D eigenvalue weighted by atomic mass is 9.82. The number of ketones is 1. The highest BCUT2D eigenvalue weighted by Gasteiger charge is 2.25. The van der Waals surface area contributed by atoms with Crippen LogP contribution in [0.1, 0.15) is 177 Å². The maximum atomic E-state index is 12.2. The summed E-state index contributed by atoms with van der Waals surface area (Å²) in [5.74, 6) is 3.38. The van der Waals surface area contributed by atoms with Crippen LogP contribution in [0.4, 0.5) is 0 Å². The highest BCUT2D eigenvalue weighted by atomic mass is 16.5. The summed E-state index contributed by atoms with van der Waals surface area (Å²) in [5.41, 5.74) is 9.44. The van der Waals surface area contributed by atoms with Gasteiger partial charge in [0.25, 0.3) is 0 Å². The number of carbonyl (C=O) groups excluding carboxylic acids is 1. The molecule has 0 aliphatic rings. The Labute approximate surface area is 406 Å². The Kier molecular flexibility index (Phi) is 26.6. The lowest BCUT2D eigenvalue weighted by Gasteiger charge is -2.27. The van der Waals surface area contributed by atoms with E-state index in [0.717, 1.165) is 63.5 Å². The molecule has 0 saturated heterocycles. The summed E-state index contributed by atoms with van der Waals surface area (Å²) in [5, 5.41) is 0. The van der Waals surface area contributed by atoms with Crippen molar-refractivity contribution in [3.63, 3.8) is 0 Å². The number of hydrogen-bond acceptors (Lipinski definition) is 10. The van der Waals surface area contributed by atoms with Gasteiger partial charge in [-0.05, 0) is 121 Å². The molecule has 376 valence electrons. The number of methoxy groups -OCH3 is 5. The lowest BCUT2D eigenvalue weighted by Crippen LogP contribution is -2.17. The predicted molar refractivity (Wildman–Crippen MR) is 275 cm³/mol. The summed E-state index contributed by atoms with van der Waals surface area (Å²) in [6.45, 7) is 26.2. The molecule has 0 aliphatic carbocycles. The van der Waals surface area contributed by atoms with Crippen LogP contribution in [-0.4, -0.2) is 67.8 Å². The molecule has 67 heavy (non-hydrogen) atoms. The van der Waals surface area contributed by atoms with E-state index in [2.05, 4.69) is 79.7 Å². The quantitative estimate of drug-likeness (QED) is 0.0472. The van der Waals surface area contributed by atoms with Crippen LogP contribution in [0.25, 0.3) is 0 Å². The van der Waals surface area contributed by atoms with Crippen molar-refractivity contribution >= 4 is 5.78 Å². The summed E-state index contributed by atoms with van der Waals surface area (Å²) in [6, 6.07) is 22.7. The average Bonchev–Trinajstić information content (AvgIpc) is 3.29. The van der Waals surface area contributed by atoms with Crippen molar-refractivity contribution < 1.29 is 47.4 Å². The Morgan fingerprint density at radius 1 is 0.582 bits per heavy atom. The lowest BCUT2D eigenvalue weighted by molar-refractivity contribution is 0.101. The molecule has 0 N–H and O–H groups in total. The van der Waals surface area contributed by atoms with Crippen molar-refractivity contribution in [2.24, 2.45) is 0 Å². The zero-order valence-corrected chi connectivity index (χ0v) is 42.5. The molecule has 10 nitrogen and oxygen atoms in total. The summed E-state index contributed by atoms with van der Waals surface area (Å²) in [7, 11) is 8.42. The van der Waals surface area contributed by atoms with E-state index in [1.807, 2.05) is 56.3 Å². The minimum absolute atomic E-state index is 0. The Morgan fingerprint density at radius 2 is 1.07 bits per heavy atom. The largest absolute Gasteiger partial charge is 0.490 e. The van der Waals surface area contributed by atoms with Crippen molar-refractivity contribution in [3.8, 4) is 23.0 Å². The first-order chi connectivity index (χ1) is 30.9. The fraction of sp³-hybridized carbons (Fsp3) is 0.561. The van der Waals surface area contributed by atoms with Gasteiger partial charge in [-0.3, -0.25) is 4.79 Å². The van der Waals surface area contributed by atoms with E-state index in [-0.39, 0.29) is 43.7 Å². The molecule has 4 rings (SSSR count). The Morgan fingerprint density at radius 3 is 1.52 bits per heavy atom. The molecule has 4 aromatic carbocycles. The highest BCUT2D eigenvalue weighted by Crippen LogP contribution is 2.40. The molecule has 0 spiro atoms. The summed E-state index contributed by atoms with van der Waals surface area (Å²) >= 11 is 0. The Bertz CT molecular complexity index is 1990. The van der Waals surface area contributed by atoms with Gasteiger partial charge in [-0.15, -0.1) is 0 Å². The maximum Gasteiger partial charge on any atom is 0.163 e. The summed E-state index contributed by atoms with van der Waals surface area (Å²) in [4.78, 5) is 12.2. The van der Waals surface area contributed by atoms with Crippen LogP contribution in [0, 0.1) is 0 Å². The number of rotatable bonds is 25. The van der Waals surface area contributed by atoms with Crippen LogP contribution in [0.3, 0.4) is 0 Å². The van der Waals surface area contributed by atoms with E-state index in [1.54, 1.807) is 42.5 Å². The van der Waals surface area contributed by atoms with Crippen molar-refractivity contribution in [1.29, 1.82) is 0 Å². The smallest absolute Gasteiger partial charge is 0.163 e. The second-order valence-corrected chi connectivity index (χ2v) is 18.3. The van der Waals surface area contributed by atoms with Crippen LogP contribution in [0.2, 0.25) is 0 Å². The van der Waals surface area contributed by atoms with Gasteiger partial charge in [0.1, 0.15) is 49.4 Å². The van der Waals surface area contributed by atoms with E-state index in [4.69, 9.17) is 42.6 Å². The molecule has 3 unspecified atom stereocenters. The highest BCUT2D eigenvalue weighted by molar-refractivity contribution is 5.97. The number of Topliss-reactive ketones (excluding diaryl/α,β-unsaturated/α-hetero) is 1. The fourth-order valence-electron chi connectivity index (χ4n) is 7.22. The summed E-state index contributed by atoms with van der Waals surface area (Å²) in [6.07, 6.45) is 1.92. The standard InChI is InChI=1S/C29H44O4.C26H36O6.2CH4/c1-11-29(7,8)22-12-14-24(15-13-22)32-16-17-33-27-25(20(2)30-9)18-23(28(4,5)6)19-26(27)21(3)31-10;1-7-18(2)21-8-9-25(24(14-21)19(3)27)31-10-11-32-26-22(16-29-5)12-20(15-28-4)13-23(26)17-30-6;;/h12-15,18-21H,11,16-17H2,1-10H3;8-9,12-14,18H,7,10-11,15-17H2,1-6H3;2*1H4. The second-order valence-electron chi connectivity index (χ2n) is 18.3. The Balaban J connectivity index is 0.000000651. The first-order valence-electron chi connectivity index (χ1n) is 23.0. The van der Waals surface area contributed by atoms with E-state index in [0.29, 0.717) is 63.5 Å². The SMILES string of the molecule is C.C.CCC(C)(C)c1ccc(OCCOc2c(C(C)OC)cc(C(C)(C)C)cc2C(C)OC)cc1.CCC(C)c1ccc(OCCOc2c(COC)cc(COC)cc2COC)c(C(C)=O)c1. The van der Waals surface area contributed by atoms with Crippen LogP contribution in [0.15, 0.2) is 66.7 Å². The number of carbonyl (C=O) groups is 1. The van der Waals surface area contributed by atoms with E-state index < -0.39 is 0 Å². The van der Waals surface area contributed by atoms with Gasteiger partial charge in [0, 0.05) is 57.8 Å². The van der Waals surface area contributed by atoms with Gasteiger partial charge >= 0.3 is 0 Å². The predicted octanol–water partition coefficient (Wildman–Crippen LogP) is 14.1. The van der Waals surface area contributed by atoms with Gasteiger partial charge in [-0.25, -0.2) is 0 Å². The molecule has 0 radical (unpaired) electrons. The zero-order chi connectivity index (χ0) is 48.3. The normalized spacial score (nSPS) is 12.7. The van der Waals surface area contributed by atoms with Crippen molar-refractivity contribution in [2.75, 3.05) is 62.0 Å². The van der Waals surface area contributed by atoms with Crippen molar-refractivity contribution in [2.45, 2.75) is 153 Å². The van der Waals surface area contributed by atoms with Gasteiger partial charge in [0.05, 0.1) is 37.6 Å². The van der Waals surface area contributed by atoms with Gasteiger partial charge < -0.3 is 42.6 Å². The first kappa shape index (κ1) is 60.6. The van der Waals surface area contributed by atoms with Crippen LogP contribution in [0.5, 0.6) is 23.0 Å². The molecule has 0 aromatic heterocycles. The van der Waals surface area contributed by atoms with Gasteiger partial charge in [0.2, 0.25) is 0 Å². The topological polar surface area (TPSA) is 100 Å². The van der Waals surface area contributed by atoms with E-state index in [9.17, 15) is 4.79 Å². The fourth-order valence-corrected chi connectivity index (χ4v) is 7.22. The molecular formula is C57H88O10. The zero-order valence-electron chi connectivity index (χ0n) is 42.5. The summed E-state index contributed by atoms with van der Waals surface area (Å²) < 4.78 is 51.7. The third-order valence-corrected chi connectivity index (χ3v) is 12.1. The van der Waals surface area contributed by atoms with Crippen LogP contribution in [-0.2, 0) is 54.3 Å². The van der Waals surface area contributed by atoms with Gasteiger partial charge in [0.15, 0.2) is 5.78 Å². The first-order valence-corrected chi connectivity index (χ1v) is 23.0. The maximum absolute atomic E-state index is 12.2. The van der Waals surface area contributed by atoms with E-state index in [1.165, 1.54) is 11.1 Å².